The van der Waals surface area contributed by atoms with Gasteiger partial charge in [-0.15, -0.1) is 11.3 Å². The SMILES string of the molecule is O=C(/C=C/c1cnc2c(c1)CC1(CCN(C(=O)CNCl)CC1)C(=O)N2)N1CC=C(Cc2nccs2)CC1. The summed E-state index contributed by atoms with van der Waals surface area (Å²) in [5, 5.41) is 6.04. The smallest absolute Gasteiger partial charge is 0.246 e. The third kappa shape index (κ3) is 5.76. The second kappa shape index (κ2) is 11.1. The summed E-state index contributed by atoms with van der Waals surface area (Å²) >= 11 is 7.12. The normalized spacial score (nSPS) is 19.1. The number of pyridine rings is 1. The van der Waals surface area contributed by atoms with Crippen LogP contribution in [0.25, 0.3) is 6.08 Å². The molecule has 2 N–H and O–H groups in total. The van der Waals surface area contributed by atoms with Crippen LogP contribution >= 0.6 is 23.1 Å². The Bertz CT molecular complexity index is 1240. The number of thiazole rings is 1. The molecule has 0 bridgehead atoms. The zero-order valence-electron chi connectivity index (χ0n) is 20.4. The minimum atomic E-state index is -0.561. The van der Waals surface area contributed by atoms with Crippen LogP contribution in [0.3, 0.4) is 0 Å². The van der Waals surface area contributed by atoms with Crippen molar-refractivity contribution in [2.75, 3.05) is 38.0 Å². The molecule has 5 rings (SSSR count). The van der Waals surface area contributed by atoms with E-state index < -0.39 is 5.41 Å². The predicted octanol–water partition coefficient (Wildman–Crippen LogP) is 2.80. The van der Waals surface area contributed by atoms with Crippen molar-refractivity contribution >= 4 is 52.7 Å². The standard InChI is InChI=1S/C26H29ClN6O3S/c27-30-17-23(35)33-10-5-26(6-11-33)15-20-13-19(16-29-24(20)31-25(26)36)1-2-22(34)32-8-3-18(4-9-32)14-21-28-7-12-37-21/h1-3,7,12-13,16,30H,4-6,8-11,14-15,17H2,(H,29,31,36)/b2-1+. The average Bonchev–Trinajstić information content (AvgIpc) is 3.42. The van der Waals surface area contributed by atoms with Crippen LogP contribution in [0, 0.1) is 5.41 Å². The second-order valence-electron chi connectivity index (χ2n) is 9.71. The number of hydrogen-bond acceptors (Lipinski definition) is 7. The van der Waals surface area contributed by atoms with Gasteiger partial charge in [-0.1, -0.05) is 11.6 Å². The molecule has 0 unspecified atom stereocenters. The van der Waals surface area contributed by atoms with E-state index >= 15 is 0 Å². The molecule has 3 aliphatic heterocycles. The fraction of sp³-hybridized carbons (Fsp3) is 0.423. The highest BCUT2D eigenvalue weighted by Gasteiger charge is 2.45. The van der Waals surface area contributed by atoms with Crippen molar-refractivity contribution in [1.29, 1.82) is 0 Å². The first kappa shape index (κ1) is 25.6. The number of fused-ring (bicyclic) bond motifs is 1. The molecule has 0 radical (unpaired) electrons. The summed E-state index contributed by atoms with van der Waals surface area (Å²) in [5.74, 6) is 0.425. The summed E-state index contributed by atoms with van der Waals surface area (Å²) in [5.41, 5.74) is 2.53. The molecular weight excluding hydrogens is 512 g/mol. The predicted molar refractivity (Wildman–Crippen MR) is 143 cm³/mol. The Labute approximate surface area is 224 Å². The molecule has 9 nitrogen and oxygen atoms in total. The highest BCUT2D eigenvalue weighted by molar-refractivity contribution is 7.09. The second-order valence-corrected chi connectivity index (χ2v) is 11.0. The fourth-order valence-electron chi connectivity index (χ4n) is 5.19. The van der Waals surface area contributed by atoms with Gasteiger partial charge >= 0.3 is 0 Å². The number of rotatable bonds is 6. The lowest BCUT2D eigenvalue weighted by Crippen LogP contribution is -2.52. The van der Waals surface area contributed by atoms with Crippen molar-refractivity contribution in [2.24, 2.45) is 5.41 Å². The van der Waals surface area contributed by atoms with Crippen LogP contribution < -0.4 is 10.2 Å². The lowest BCUT2D eigenvalue weighted by Gasteiger charge is -2.43. The Morgan fingerprint density at radius 2 is 2.05 bits per heavy atom. The Morgan fingerprint density at radius 3 is 2.76 bits per heavy atom. The van der Waals surface area contributed by atoms with Crippen LogP contribution in [0.2, 0.25) is 0 Å². The molecule has 0 saturated carbocycles. The van der Waals surface area contributed by atoms with E-state index in [1.807, 2.05) is 22.5 Å². The number of nitrogens with zero attached hydrogens (tertiary/aromatic N) is 4. The van der Waals surface area contributed by atoms with Gasteiger partial charge in [-0.25, -0.2) is 14.8 Å². The maximum atomic E-state index is 13.0. The quantitative estimate of drug-likeness (QED) is 0.331. The first-order chi connectivity index (χ1) is 18.0. The van der Waals surface area contributed by atoms with Gasteiger partial charge in [0.2, 0.25) is 17.7 Å². The molecule has 3 amide bonds. The van der Waals surface area contributed by atoms with Crippen LogP contribution in [-0.4, -0.2) is 70.2 Å². The third-order valence-corrected chi connectivity index (χ3v) is 8.33. The Morgan fingerprint density at radius 1 is 1.22 bits per heavy atom. The topological polar surface area (TPSA) is 108 Å². The number of piperidine rings is 1. The Kier molecular flexibility index (Phi) is 7.68. The molecule has 0 aromatic carbocycles. The largest absolute Gasteiger partial charge is 0.341 e. The maximum absolute atomic E-state index is 13.0. The average molecular weight is 541 g/mol. The zero-order chi connectivity index (χ0) is 25.8. The highest BCUT2D eigenvalue weighted by atomic mass is 35.5. The van der Waals surface area contributed by atoms with Gasteiger partial charge in [-0.05, 0) is 60.7 Å². The van der Waals surface area contributed by atoms with Gasteiger partial charge in [-0.2, -0.15) is 0 Å². The van der Waals surface area contributed by atoms with E-state index in [9.17, 15) is 14.4 Å². The summed E-state index contributed by atoms with van der Waals surface area (Å²) in [6.45, 7) is 2.39. The minimum absolute atomic E-state index is 0.0319. The first-order valence-electron chi connectivity index (χ1n) is 12.4. The van der Waals surface area contributed by atoms with Crippen molar-refractivity contribution < 1.29 is 14.4 Å². The molecule has 194 valence electrons. The van der Waals surface area contributed by atoms with E-state index in [-0.39, 0.29) is 24.3 Å². The molecule has 5 heterocycles. The lowest BCUT2D eigenvalue weighted by molar-refractivity contribution is -0.137. The molecule has 2 aromatic heterocycles. The van der Waals surface area contributed by atoms with Crippen molar-refractivity contribution in [3.63, 3.8) is 0 Å². The molecular formula is C26H29ClN6O3S. The van der Waals surface area contributed by atoms with Gasteiger partial charge < -0.3 is 15.1 Å². The summed E-state index contributed by atoms with van der Waals surface area (Å²) in [7, 11) is 0. The molecule has 1 saturated heterocycles. The van der Waals surface area contributed by atoms with Crippen molar-refractivity contribution in [3.8, 4) is 0 Å². The van der Waals surface area contributed by atoms with E-state index in [0.29, 0.717) is 51.3 Å². The fourth-order valence-corrected chi connectivity index (χ4v) is 5.97. The monoisotopic (exact) mass is 540 g/mol. The minimum Gasteiger partial charge on any atom is -0.341 e. The van der Waals surface area contributed by atoms with Gasteiger partial charge in [0.15, 0.2) is 0 Å². The molecule has 37 heavy (non-hydrogen) atoms. The number of aromatic nitrogens is 2. The third-order valence-electron chi connectivity index (χ3n) is 7.42. The van der Waals surface area contributed by atoms with Crippen LogP contribution in [0.1, 0.15) is 35.4 Å². The molecule has 3 aliphatic rings. The van der Waals surface area contributed by atoms with E-state index in [1.165, 1.54) is 5.57 Å². The summed E-state index contributed by atoms with van der Waals surface area (Å²) in [6.07, 6.45) is 12.4. The number of carbonyl (C=O) groups is 3. The number of carbonyl (C=O) groups excluding carboxylic acids is 3. The van der Waals surface area contributed by atoms with Gasteiger partial charge in [0.05, 0.1) is 17.0 Å². The zero-order valence-corrected chi connectivity index (χ0v) is 22.0. The molecule has 1 spiro atoms. The summed E-state index contributed by atoms with van der Waals surface area (Å²) < 4.78 is 0. The molecule has 0 atom stereocenters. The Balaban J connectivity index is 1.20. The van der Waals surface area contributed by atoms with Gasteiger partial charge in [0.1, 0.15) is 5.82 Å². The highest BCUT2D eigenvalue weighted by Crippen LogP contribution is 2.41. The molecule has 1 fully saturated rings. The molecule has 0 aliphatic carbocycles. The number of anilines is 1. The van der Waals surface area contributed by atoms with Crippen molar-refractivity contribution in [1.82, 2.24) is 24.6 Å². The van der Waals surface area contributed by atoms with Crippen molar-refractivity contribution in [2.45, 2.75) is 32.1 Å². The summed E-state index contributed by atoms with van der Waals surface area (Å²) in [4.78, 5) is 52.6. The van der Waals surface area contributed by atoms with E-state index in [4.69, 9.17) is 11.8 Å². The number of halogens is 1. The van der Waals surface area contributed by atoms with Crippen LogP contribution in [0.4, 0.5) is 5.82 Å². The van der Waals surface area contributed by atoms with Crippen LogP contribution in [0.5, 0.6) is 0 Å². The number of amides is 3. The van der Waals surface area contributed by atoms with Crippen molar-refractivity contribution in [3.05, 3.63) is 57.7 Å². The van der Waals surface area contributed by atoms with E-state index in [2.05, 4.69) is 26.2 Å². The van der Waals surface area contributed by atoms with Crippen LogP contribution in [-0.2, 0) is 27.2 Å². The van der Waals surface area contributed by atoms with E-state index in [1.54, 1.807) is 34.6 Å². The van der Waals surface area contributed by atoms with Gasteiger partial charge in [-0.3, -0.25) is 14.4 Å². The first-order valence-corrected chi connectivity index (χ1v) is 13.7. The van der Waals surface area contributed by atoms with E-state index in [0.717, 1.165) is 29.0 Å². The molecule has 2 aromatic rings. The lowest BCUT2D eigenvalue weighted by atomic mass is 9.71. The van der Waals surface area contributed by atoms with Crippen LogP contribution in [0.15, 0.2) is 41.6 Å². The number of likely N-dealkylation sites (tertiary alicyclic amines) is 1. The number of nitrogens with one attached hydrogen (secondary N) is 2. The maximum Gasteiger partial charge on any atom is 0.246 e. The summed E-state index contributed by atoms with van der Waals surface area (Å²) in [6, 6.07) is 1.99. The molecule has 11 heteroatoms. The van der Waals surface area contributed by atoms with Gasteiger partial charge in [0, 0.05) is 56.4 Å². The number of hydrogen-bond donors (Lipinski definition) is 2. The van der Waals surface area contributed by atoms with Gasteiger partial charge in [0.25, 0.3) is 0 Å². The Hall–Kier alpha value is -3.08.